The Morgan fingerprint density at radius 3 is 1.75 bits per heavy atom. The number of ether oxygens (including phenoxy) is 1. The van der Waals surface area contributed by atoms with E-state index in [2.05, 4.69) is 232 Å². The second-order valence-electron chi connectivity index (χ2n) is 21.0. The first-order valence-corrected chi connectivity index (χ1v) is 22.9. The summed E-state index contributed by atoms with van der Waals surface area (Å²) in [6.45, 7) is 28.4. The van der Waals surface area contributed by atoms with Crippen molar-refractivity contribution in [2.45, 2.75) is 118 Å². The van der Waals surface area contributed by atoms with Crippen LogP contribution in [0.1, 0.15) is 117 Å². The summed E-state index contributed by atoms with van der Waals surface area (Å²) in [5, 5.41) is 0. The summed E-state index contributed by atoms with van der Waals surface area (Å²) in [4.78, 5) is 7.40. The van der Waals surface area contributed by atoms with E-state index in [0.717, 1.165) is 68.6 Å². The summed E-state index contributed by atoms with van der Waals surface area (Å²) < 4.78 is 12.8. The topological polar surface area (TPSA) is 35.2 Å². The quantitative estimate of drug-likeness (QED) is 0.167. The minimum atomic E-state index is -0.0117. The fourth-order valence-corrected chi connectivity index (χ4v) is 9.57. The zero-order chi connectivity index (χ0) is 43.6. The molecule has 0 bridgehead atoms. The zero-order valence-corrected chi connectivity index (χ0v) is 40.5. The number of nitrogens with zero attached hydrogens (tertiary/aromatic N) is 4. The number of pyridine rings is 1. The molecule has 0 saturated heterocycles. The third kappa shape index (κ3) is 8.61. The maximum absolute atomic E-state index is 7.04. The molecule has 1 aliphatic heterocycles. The first-order chi connectivity index (χ1) is 28.7. The van der Waals surface area contributed by atoms with Crippen LogP contribution in [0.4, 0.5) is 11.5 Å². The molecular weight excluding hydrogens is 928 g/mol. The molecule has 6 heteroatoms. The van der Waals surface area contributed by atoms with Crippen LogP contribution in [0.2, 0.25) is 0 Å². The van der Waals surface area contributed by atoms with E-state index in [1.54, 1.807) is 0 Å². The van der Waals surface area contributed by atoms with Crippen LogP contribution in [0.5, 0.6) is 11.5 Å². The number of hydrogen-bond acceptors (Lipinski definition) is 3. The molecule has 0 amide bonds. The van der Waals surface area contributed by atoms with Gasteiger partial charge < -0.3 is 0 Å². The molecule has 0 radical (unpaired) electrons. The van der Waals surface area contributed by atoms with Crippen molar-refractivity contribution in [3.05, 3.63) is 153 Å². The number of aromatic nitrogens is 3. The van der Waals surface area contributed by atoms with Crippen LogP contribution < -0.4 is 9.64 Å². The van der Waals surface area contributed by atoms with Crippen molar-refractivity contribution in [1.29, 1.82) is 0 Å². The van der Waals surface area contributed by atoms with E-state index in [1.807, 2.05) is 6.20 Å². The molecule has 2 aromatic heterocycles. The van der Waals surface area contributed by atoms with Crippen molar-refractivity contribution < 1.29 is 24.1 Å². The molecule has 5 nitrogen and oxygen atoms in total. The van der Waals surface area contributed by atoms with Gasteiger partial charge in [0.2, 0.25) is 0 Å². The third-order valence-corrected chi connectivity index (χ3v) is 13.2. The van der Waals surface area contributed by atoms with Gasteiger partial charge in [-0.15, -0.1) is 0 Å². The molecule has 0 fully saturated rings. The van der Waals surface area contributed by atoms with Gasteiger partial charge in [0.1, 0.15) is 0 Å². The Hall–Kier alpha value is -4.99. The fourth-order valence-electron chi connectivity index (χ4n) is 8.44. The van der Waals surface area contributed by atoms with Crippen LogP contribution in [0.15, 0.2) is 121 Å². The maximum atomic E-state index is 7.04. The first-order valence-electron chi connectivity index (χ1n) is 21.8. The molecule has 318 valence electrons. The van der Waals surface area contributed by atoms with E-state index in [4.69, 9.17) is 9.72 Å². The summed E-state index contributed by atoms with van der Waals surface area (Å²) in [5.74, 6) is 2.57. The predicted molar refractivity (Wildman–Crippen MR) is 252 cm³/mol. The number of para-hydroxylation sites is 2. The Labute approximate surface area is 374 Å². The van der Waals surface area contributed by atoms with E-state index in [1.165, 1.54) is 38.9 Å². The van der Waals surface area contributed by atoms with E-state index >= 15 is 0 Å². The molecule has 0 N–H and O–H groups in total. The van der Waals surface area contributed by atoms with E-state index < -0.39 is 0 Å². The molecule has 0 saturated carbocycles. The predicted octanol–water partition coefficient (Wildman–Crippen LogP) is 14.6. The van der Waals surface area contributed by atoms with Crippen molar-refractivity contribution in [3.63, 3.8) is 0 Å². The first kappa shape index (κ1) is 42.7. The normalized spacial score (nSPS) is 13.8. The Bertz CT molecular complexity index is 2780. The van der Waals surface area contributed by atoms with Crippen LogP contribution >= 0.6 is 0 Å². The molecular formula is C55H62N4OPt. The van der Waals surface area contributed by atoms with Crippen molar-refractivity contribution in [2.24, 2.45) is 0 Å². The van der Waals surface area contributed by atoms with Crippen LogP contribution in [-0.4, -0.2) is 20.7 Å². The van der Waals surface area contributed by atoms with Gasteiger partial charge in [0, 0.05) is 6.20 Å². The van der Waals surface area contributed by atoms with Crippen molar-refractivity contribution in [3.8, 4) is 34.0 Å². The zero-order valence-electron chi connectivity index (χ0n) is 38.2. The van der Waals surface area contributed by atoms with Crippen LogP contribution in [0.3, 0.4) is 0 Å². The van der Waals surface area contributed by atoms with Crippen molar-refractivity contribution in [2.75, 3.05) is 11.4 Å². The van der Waals surface area contributed by atoms with Gasteiger partial charge in [-0.25, -0.2) is 0 Å². The Kier molecular flexibility index (Phi) is 11.0. The third-order valence-electron chi connectivity index (χ3n) is 12.2. The average molecular weight is 990 g/mol. The molecule has 3 heterocycles. The number of benzene rings is 5. The van der Waals surface area contributed by atoms with Gasteiger partial charge in [0.15, 0.2) is 0 Å². The van der Waals surface area contributed by atoms with Crippen LogP contribution in [0, 0.1) is 3.80 Å². The van der Waals surface area contributed by atoms with Gasteiger partial charge in [0.25, 0.3) is 0 Å². The monoisotopic (exact) mass is 989 g/mol. The molecule has 0 atom stereocenters. The summed E-state index contributed by atoms with van der Waals surface area (Å²) in [7, 11) is 0. The molecule has 7 aromatic rings. The summed E-state index contributed by atoms with van der Waals surface area (Å²) in [5.41, 5.74) is 14.8. The van der Waals surface area contributed by atoms with Gasteiger partial charge in [-0.1, -0.05) is 68.4 Å². The Morgan fingerprint density at radius 1 is 0.541 bits per heavy atom. The Morgan fingerprint density at radius 2 is 1.15 bits per heavy atom. The standard InChI is InChI=1S/C55H62N4O.Pt/c1-52(2,3)38-22-24-42(25-23-38)58-36-59(49-21-14-13-20-48(49)58)43-17-15-18-44(33-43)60-45-34-47(37-29-40(54(7,8)9)31-41(30-37)55(10,11)12)46-19-16-28-57(50(46)35-45)51-32-39(26-27-56-51)53(4,5)6;/h13-15,17-18,20-27,29-35H,16,19,28H2,1-12H3;. The number of anilines is 2. The van der Waals surface area contributed by atoms with Crippen LogP contribution in [0.25, 0.3) is 33.5 Å². The van der Waals surface area contributed by atoms with Crippen molar-refractivity contribution in [1.82, 2.24) is 14.1 Å². The number of fused-ring (bicyclic) bond motifs is 2. The van der Waals surface area contributed by atoms with Crippen molar-refractivity contribution >= 4 is 22.5 Å². The van der Waals surface area contributed by atoms with Gasteiger partial charge in [0.05, 0.1) is 0 Å². The van der Waals surface area contributed by atoms with E-state index in [0.29, 0.717) is 0 Å². The minimum absolute atomic E-state index is 0.00719. The van der Waals surface area contributed by atoms with Gasteiger partial charge >= 0.3 is 274 Å². The van der Waals surface area contributed by atoms with Gasteiger partial charge in [-0.3, -0.25) is 0 Å². The SMILES string of the molecule is CC(C)(C)c1ccc(-n2[c](=[Pt])n(-c3cccc(Oc4cc(-c5cc(C(C)(C)C)cc(C(C)(C)C)c5)c5c(c4)N(c4cc(C(C)(C)C)ccn4)CCC5)c3)c3ccccc32)cc1. The summed E-state index contributed by atoms with van der Waals surface area (Å²) in [6, 6.07) is 42.4. The van der Waals surface area contributed by atoms with E-state index in [9.17, 15) is 0 Å². The van der Waals surface area contributed by atoms with E-state index in [-0.39, 0.29) is 21.7 Å². The fraction of sp³-hybridized carbons (Fsp3) is 0.345. The molecule has 0 unspecified atom stereocenters. The van der Waals surface area contributed by atoms with Gasteiger partial charge in [-0.2, -0.15) is 0 Å². The second kappa shape index (κ2) is 15.7. The molecule has 0 aliphatic carbocycles. The molecule has 8 rings (SSSR count). The Balaban J connectivity index is 1.27. The number of imidazole rings is 1. The average Bonchev–Trinajstić information content (AvgIpc) is 3.50. The summed E-state index contributed by atoms with van der Waals surface area (Å²) in [6.07, 6.45) is 3.99. The molecule has 1 aliphatic rings. The molecule has 61 heavy (non-hydrogen) atoms. The number of rotatable bonds is 6. The van der Waals surface area contributed by atoms with Gasteiger partial charge in [-0.05, 0) is 27.9 Å². The second-order valence-corrected chi connectivity index (χ2v) is 22.0. The van der Waals surface area contributed by atoms with Crippen LogP contribution in [-0.2, 0) is 47.4 Å². The molecule has 5 aromatic carbocycles. The molecule has 0 spiro atoms. The summed E-state index contributed by atoms with van der Waals surface area (Å²) >= 11 is 2.48. The number of hydrogen-bond donors (Lipinski definition) is 0.